The molecule has 6 heteroatoms. The highest BCUT2D eigenvalue weighted by molar-refractivity contribution is 6.04. The zero-order chi connectivity index (χ0) is 16.1. The molecule has 2 aromatic heterocycles. The van der Waals surface area contributed by atoms with Crippen molar-refractivity contribution >= 4 is 17.3 Å². The molecule has 6 nitrogen and oxygen atoms in total. The lowest BCUT2D eigenvalue weighted by molar-refractivity contribution is 0.102. The number of pyridine rings is 2. The molecule has 114 valence electrons. The lowest BCUT2D eigenvalue weighted by atomic mass is 10.2. The van der Waals surface area contributed by atoms with Gasteiger partial charge in [0.1, 0.15) is 11.5 Å². The third-order valence-corrected chi connectivity index (χ3v) is 2.99. The van der Waals surface area contributed by atoms with Crippen LogP contribution in [0, 0.1) is 0 Å². The van der Waals surface area contributed by atoms with E-state index in [9.17, 15) is 4.79 Å². The van der Waals surface area contributed by atoms with Crippen molar-refractivity contribution in [3.05, 3.63) is 72.8 Å². The first-order valence-electron chi connectivity index (χ1n) is 6.90. The van der Waals surface area contributed by atoms with Crippen LogP contribution < -0.4 is 15.8 Å². The van der Waals surface area contributed by atoms with E-state index in [1.807, 2.05) is 0 Å². The number of hydrogen-bond donors (Lipinski definition) is 2. The quantitative estimate of drug-likeness (QED) is 0.723. The van der Waals surface area contributed by atoms with Crippen LogP contribution in [0.25, 0.3) is 0 Å². The van der Waals surface area contributed by atoms with E-state index in [0.717, 1.165) is 0 Å². The van der Waals surface area contributed by atoms with Crippen molar-refractivity contribution in [1.29, 1.82) is 0 Å². The Morgan fingerprint density at radius 2 is 1.87 bits per heavy atom. The van der Waals surface area contributed by atoms with Crippen LogP contribution in [0.15, 0.2) is 67.3 Å². The fraction of sp³-hybridized carbons (Fsp3) is 0. The van der Waals surface area contributed by atoms with Crippen molar-refractivity contribution < 1.29 is 9.53 Å². The summed E-state index contributed by atoms with van der Waals surface area (Å²) in [6.07, 6.45) is 6.36. The van der Waals surface area contributed by atoms with E-state index >= 15 is 0 Å². The second-order valence-corrected chi connectivity index (χ2v) is 4.78. The van der Waals surface area contributed by atoms with E-state index in [-0.39, 0.29) is 5.91 Å². The van der Waals surface area contributed by atoms with Gasteiger partial charge in [0, 0.05) is 23.5 Å². The SMILES string of the molecule is Nc1cccc(C(=O)Nc2cncc(Oc3cccnc3)c2)c1. The van der Waals surface area contributed by atoms with Gasteiger partial charge < -0.3 is 15.8 Å². The van der Waals surface area contributed by atoms with Crippen molar-refractivity contribution in [2.24, 2.45) is 0 Å². The number of nitrogen functional groups attached to an aromatic ring is 1. The van der Waals surface area contributed by atoms with E-state index < -0.39 is 0 Å². The van der Waals surface area contributed by atoms with Gasteiger partial charge in [0.2, 0.25) is 0 Å². The molecule has 0 bridgehead atoms. The summed E-state index contributed by atoms with van der Waals surface area (Å²) >= 11 is 0. The third kappa shape index (κ3) is 3.82. The number of nitrogens with zero attached hydrogens (tertiary/aromatic N) is 2. The van der Waals surface area contributed by atoms with Gasteiger partial charge in [-0.05, 0) is 30.3 Å². The van der Waals surface area contributed by atoms with Crippen LogP contribution in [0.4, 0.5) is 11.4 Å². The predicted molar refractivity (Wildman–Crippen MR) is 87.4 cm³/mol. The van der Waals surface area contributed by atoms with E-state index in [4.69, 9.17) is 10.5 Å². The van der Waals surface area contributed by atoms with Crippen LogP contribution in [-0.2, 0) is 0 Å². The van der Waals surface area contributed by atoms with Crippen molar-refractivity contribution in [2.75, 3.05) is 11.1 Å². The van der Waals surface area contributed by atoms with Crippen molar-refractivity contribution in [3.8, 4) is 11.5 Å². The number of ether oxygens (including phenoxy) is 1. The average molecular weight is 306 g/mol. The molecule has 0 aliphatic heterocycles. The molecule has 0 saturated heterocycles. The van der Waals surface area contributed by atoms with Crippen molar-refractivity contribution in [3.63, 3.8) is 0 Å². The number of nitrogens with one attached hydrogen (secondary N) is 1. The summed E-state index contributed by atoms with van der Waals surface area (Å²) in [5.41, 5.74) is 7.22. The van der Waals surface area contributed by atoms with Crippen LogP contribution in [0.2, 0.25) is 0 Å². The van der Waals surface area contributed by atoms with Gasteiger partial charge in [0.15, 0.2) is 0 Å². The maximum atomic E-state index is 12.2. The number of carbonyl (C=O) groups excluding carboxylic acids is 1. The summed E-state index contributed by atoms with van der Waals surface area (Å²) in [5.74, 6) is 0.828. The Bertz CT molecular complexity index is 822. The number of aromatic nitrogens is 2. The molecule has 3 N–H and O–H groups in total. The molecule has 3 aromatic rings. The van der Waals surface area contributed by atoms with E-state index in [2.05, 4.69) is 15.3 Å². The molecular formula is C17H14N4O2. The molecule has 0 aliphatic rings. The van der Waals surface area contributed by atoms with Crippen LogP contribution in [0.3, 0.4) is 0 Å². The number of carbonyl (C=O) groups is 1. The molecule has 0 aliphatic carbocycles. The lowest BCUT2D eigenvalue weighted by Gasteiger charge is -2.08. The van der Waals surface area contributed by atoms with E-state index in [1.54, 1.807) is 67.3 Å². The number of rotatable bonds is 4. The molecule has 1 amide bonds. The largest absolute Gasteiger partial charge is 0.454 e. The normalized spacial score (nSPS) is 10.1. The predicted octanol–water partition coefficient (Wildman–Crippen LogP) is 3.10. The van der Waals surface area contributed by atoms with Crippen molar-refractivity contribution in [2.45, 2.75) is 0 Å². The van der Waals surface area contributed by atoms with Gasteiger partial charge in [-0.25, -0.2) is 0 Å². The molecule has 23 heavy (non-hydrogen) atoms. The van der Waals surface area contributed by atoms with Crippen LogP contribution >= 0.6 is 0 Å². The highest BCUT2D eigenvalue weighted by Crippen LogP contribution is 2.22. The highest BCUT2D eigenvalue weighted by Gasteiger charge is 2.07. The van der Waals surface area contributed by atoms with Crippen LogP contribution in [-0.4, -0.2) is 15.9 Å². The third-order valence-electron chi connectivity index (χ3n) is 2.99. The maximum Gasteiger partial charge on any atom is 0.255 e. The second kappa shape index (κ2) is 6.57. The number of benzene rings is 1. The van der Waals surface area contributed by atoms with Gasteiger partial charge in [0.05, 0.1) is 24.3 Å². The fourth-order valence-electron chi connectivity index (χ4n) is 1.97. The Labute approximate surface area is 133 Å². The summed E-state index contributed by atoms with van der Waals surface area (Å²) in [4.78, 5) is 20.2. The van der Waals surface area contributed by atoms with E-state index in [0.29, 0.717) is 28.4 Å². The molecule has 3 rings (SSSR count). The summed E-state index contributed by atoms with van der Waals surface area (Å²) in [5, 5.41) is 2.76. The number of amides is 1. The van der Waals surface area contributed by atoms with Crippen molar-refractivity contribution in [1.82, 2.24) is 9.97 Å². The van der Waals surface area contributed by atoms with Gasteiger partial charge in [-0.3, -0.25) is 14.8 Å². The van der Waals surface area contributed by atoms with Gasteiger partial charge in [-0.15, -0.1) is 0 Å². The minimum absolute atomic E-state index is 0.266. The zero-order valence-electron chi connectivity index (χ0n) is 12.1. The Morgan fingerprint density at radius 3 is 2.65 bits per heavy atom. The monoisotopic (exact) mass is 306 g/mol. The van der Waals surface area contributed by atoms with Crippen LogP contribution in [0.5, 0.6) is 11.5 Å². The summed E-state index contributed by atoms with van der Waals surface area (Å²) in [7, 11) is 0. The summed E-state index contributed by atoms with van der Waals surface area (Å²) in [6, 6.07) is 12.0. The second-order valence-electron chi connectivity index (χ2n) is 4.78. The number of anilines is 2. The highest BCUT2D eigenvalue weighted by atomic mass is 16.5. The molecule has 0 fully saturated rings. The standard InChI is InChI=1S/C17H14N4O2/c18-13-4-1-3-12(7-13)17(22)21-14-8-16(11-20-9-14)23-15-5-2-6-19-10-15/h1-11H,18H2,(H,21,22). The molecule has 1 aromatic carbocycles. The summed E-state index contributed by atoms with van der Waals surface area (Å²) in [6.45, 7) is 0. The van der Waals surface area contributed by atoms with Crippen LogP contribution in [0.1, 0.15) is 10.4 Å². The Balaban J connectivity index is 1.74. The van der Waals surface area contributed by atoms with Gasteiger partial charge in [0.25, 0.3) is 5.91 Å². The van der Waals surface area contributed by atoms with Gasteiger partial charge >= 0.3 is 0 Å². The molecular weight excluding hydrogens is 292 g/mol. The lowest BCUT2D eigenvalue weighted by Crippen LogP contribution is -2.12. The zero-order valence-corrected chi connectivity index (χ0v) is 12.1. The molecule has 0 atom stereocenters. The summed E-state index contributed by atoms with van der Waals surface area (Å²) < 4.78 is 5.63. The minimum Gasteiger partial charge on any atom is -0.454 e. The first-order chi connectivity index (χ1) is 11.2. The number of nitrogens with two attached hydrogens (primary N) is 1. The molecule has 0 saturated carbocycles. The minimum atomic E-state index is -0.266. The topological polar surface area (TPSA) is 90.1 Å². The van der Waals surface area contributed by atoms with Gasteiger partial charge in [-0.2, -0.15) is 0 Å². The fourth-order valence-corrected chi connectivity index (χ4v) is 1.97. The average Bonchev–Trinajstić information content (AvgIpc) is 2.56. The Morgan fingerprint density at radius 1 is 1.00 bits per heavy atom. The smallest absolute Gasteiger partial charge is 0.255 e. The molecule has 2 heterocycles. The molecule has 0 spiro atoms. The Hall–Kier alpha value is -3.41. The maximum absolute atomic E-state index is 12.2. The molecule has 0 unspecified atom stereocenters. The van der Waals surface area contributed by atoms with Gasteiger partial charge in [-0.1, -0.05) is 6.07 Å². The van der Waals surface area contributed by atoms with E-state index in [1.165, 1.54) is 0 Å². The first kappa shape index (κ1) is 14.5. The number of hydrogen-bond acceptors (Lipinski definition) is 5. The first-order valence-corrected chi connectivity index (χ1v) is 6.90. The molecule has 0 radical (unpaired) electrons. The Kier molecular flexibility index (Phi) is 4.15.